The molecule has 86 valence electrons. The van der Waals surface area contributed by atoms with Gasteiger partial charge in [0.1, 0.15) is 5.01 Å². The van der Waals surface area contributed by atoms with E-state index in [-0.39, 0.29) is 0 Å². The summed E-state index contributed by atoms with van der Waals surface area (Å²) in [4.78, 5) is 4.37. The molecule has 0 saturated carbocycles. The lowest BCUT2D eigenvalue weighted by atomic mass is 10.5. The van der Waals surface area contributed by atoms with Crippen LogP contribution in [0.25, 0.3) is 0 Å². The second kappa shape index (κ2) is 8.10. The van der Waals surface area contributed by atoms with Crippen LogP contribution in [0.3, 0.4) is 0 Å². The maximum atomic E-state index is 8.58. The first-order valence-electron chi connectivity index (χ1n) is 5.13. The summed E-state index contributed by atoms with van der Waals surface area (Å²) in [5.74, 6) is 2.15. The van der Waals surface area contributed by atoms with Crippen LogP contribution in [0, 0.1) is 6.92 Å². The molecule has 1 rings (SSSR count). The Morgan fingerprint density at radius 2 is 2.40 bits per heavy atom. The number of aryl methyl sites for hydroxylation is 1. The van der Waals surface area contributed by atoms with Gasteiger partial charge in [0.15, 0.2) is 0 Å². The molecule has 0 fully saturated rings. The van der Waals surface area contributed by atoms with Crippen molar-refractivity contribution in [1.82, 2.24) is 10.3 Å². The molecule has 0 bridgehead atoms. The van der Waals surface area contributed by atoms with Gasteiger partial charge in [-0.2, -0.15) is 11.8 Å². The zero-order valence-electron chi connectivity index (χ0n) is 9.03. The van der Waals surface area contributed by atoms with Crippen molar-refractivity contribution in [3.63, 3.8) is 0 Å². The van der Waals surface area contributed by atoms with Gasteiger partial charge in [-0.3, -0.25) is 0 Å². The van der Waals surface area contributed by atoms with E-state index in [1.54, 1.807) is 11.3 Å². The molecule has 0 spiro atoms. The first-order valence-corrected chi connectivity index (χ1v) is 7.16. The number of aliphatic hydroxyl groups excluding tert-OH is 1. The first kappa shape index (κ1) is 13.0. The number of hydrogen-bond donors (Lipinski definition) is 2. The third kappa shape index (κ3) is 6.14. The lowest BCUT2D eigenvalue weighted by Gasteiger charge is -2.01. The molecule has 0 unspecified atom stereocenters. The van der Waals surface area contributed by atoms with Gasteiger partial charge in [-0.05, 0) is 19.1 Å². The van der Waals surface area contributed by atoms with Crippen molar-refractivity contribution in [3.05, 3.63) is 16.1 Å². The van der Waals surface area contributed by atoms with Crippen LogP contribution >= 0.6 is 23.1 Å². The topological polar surface area (TPSA) is 45.1 Å². The van der Waals surface area contributed by atoms with Crippen LogP contribution in [0.1, 0.15) is 17.1 Å². The van der Waals surface area contributed by atoms with E-state index in [4.69, 9.17) is 5.11 Å². The van der Waals surface area contributed by atoms with E-state index < -0.39 is 0 Å². The number of thiazole rings is 1. The highest BCUT2D eigenvalue weighted by atomic mass is 32.2. The highest BCUT2D eigenvalue weighted by Crippen LogP contribution is 2.07. The largest absolute Gasteiger partial charge is 0.396 e. The van der Waals surface area contributed by atoms with Crippen molar-refractivity contribution in [1.29, 1.82) is 0 Å². The molecule has 0 amide bonds. The van der Waals surface area contributed by atoms with Gasteiger partial charge in [0.05, 0.1) is 0 Å². The van der Waals surface area contributed by atoms with Gasteiger partial charge < -0.3 is 10.4 Å². The standard InChI is InChI=1S/C10H18N2OS2/c1-9-8-15-10(12-9)7-11-3-6-14-5-2-4-13/h8,11,13H,2-7H2,1H3. The normalized spacial score (nSPS) is 10.8. The van der Waals surface area contributed by atoms with Gasteiger partial charge in [0.2, 0.25) is 0 Å². The van der Waals surface area contributed by atoms with E-state index in [2.05, 4.69) is 15.7 Å². The Morgan fingerprint density at radius 1 is 1.53 bits per heavy atom. The lowest BCUT2D eigenvalue weighted by molar-refractivity contribution is 0.296. The van der Waals surface area contributed by atoms with Crippen molar-refractivity contribution in [2.24, 2.45) is 0 Å². The SMILES string of the molecule is Cc1csc(CNCCSCCCO)n1. The van der Waals surface area contributed by atoms with Gasteiger partial charge in [0.25, 0.3) is 0 Å². The summed E-state index contributed by atoms with van der Waals surface area (Å²) in [6.45, 7) is 4.21. The lowest BCUT2D eigenvalue weighted by Crippen LogP contribution is -2.16. The fraction of sp³-hybridized carbons (Fsp3) is 0.700. The zero-order chi connectivity index (χ0) is 10.9. The third-order valence-corrected chi connectivity index (χ3v) is 3.85. The maximum Gasteiger partial charge on any atom is 0.107 e. The van der Waals surface area contributed by atoms with Gasteiger partial charge >= 0.3 is 0 Å². The van der Waals surface area contributed by atoms with Gasteiger partial charge in [-0.25, -0.2) is 4.98 Å². The summed E-state index contributed by atoms with van der Waals surface area (Å²) in [5, 5.41) is 15.2. The molecule has 0 atom stereocenters. The Labute approximate surface area is 99.3 Å². The fourth-order valence-electron chi connectivity index (χ4n) is 1.09. The highest BCUT2D eigenvalue weighted by Gasteiger charge is 1.97. The summed E-state index contributed by atoms with van der Waals surface area (Å²) in [6.07, 6.45) is 0.899. The van der Waals surface area contributed by atoms with E-state index in [0.717, 1.165) is 41.7 Å². The molecule has 1 aromatic heterocycles. The minimum absolute atomic E-state index is 0.304. The number of nitrogens with one attached hydrogen (secondary N) is 1. The second-order valence-electron chi connectivity index (χ2n) is 3.25. The molecule has 1 aromatic rings. The van der Waals surface area contributed by atoms with E-state index in [9.17, 15) is 0 Å². The summed E-state index contributed by atoms with van der Waals surface area (Å²) in [7, 11) is 0. The van der Waals surface area contributed by atoms with Crippen LogP contribution < -0.4 is 5.32 Å². The Hall–Kier alpha value is -0.100. The number of hydrogen-bond acceptors (Lipinski definition) is 5. The molecule has 2 N–H and O–H groups in total. The Balaban J connectivity index is 1.93. The number of aromatic nitrogens is 1. The second-order valence-corrected chi connectivity index (χ2v) is 5.42. The highest BCUT2D eigenvalue weighted by molar-refractivity contribution is 7.99. The summed E-state index contributed by atoms with van der Waals surface area (Å²) in [6, 6.07) is 0. The molecule has 0 saturated heterocycles. The zero-order valence-corrected chi connectivity index (χ0v) is 10.7. The molecule has 0 aliphatic heterocycles. The van der Waals surface area contributed by atoms with Gasteiger partial charge in [-0.15, -0.1) is 11.3 Å². The van der Waals surface area contributed by atoms with E-state index in [1.807, 2.05) is 18.7 Å². The van der Waals surface area contributed by atoms with Crippen molar-refractivity contribution in [2.45, 2.75) is 19.9 Å². The average Bonchev–Trinajstić information content (AvgIpc) is 2.63. The van der Waals surface area contributed by atoms with Crippen LogP contribution in [0.2, 0.25) is 0 Å². The minimum atomic E-state index is 0.304. The molecular weight excluding hydrogens is 228 g/mol. The molecule has 3 nitrogen and oxygen atoms in total. The van der Waals surface area contributed by atoms with Crippen LogP contribution in [0.15, 0.2) is 5.38 Å². The monoisotopic (exact) mass is 246 g/mol. The van der Waals surface area contributed by atoms with Gasteiger partial charge in [0, 0.05) is 36.5 Å². The number of thioether (sulfide) groups is 1. The molecule has 15 heavy (non-hydrogen) atoms. The van der Waals surface area contributed by atoms with Crippen LogP contribution in [0.5, 0.6) is 0 Å². The molecular formula is C10H18N2OS2. The summed E-state index contributed by atoms with van der Waals surface area (Å²) in [5.41, 5.74) is 1.11. The van der Waals surface area contributed by atoms with Crippen molar-refractivity contribution in [3.8, 4) is 0 Å². The maximum absolute atomic E-state index is 8.58. The number of rotatable bonds is 8. The van der Waals surface area contributed by atoms with Crippen LogP contribution in [-0.4, -0.2) is 34.7 Å². The van der Waals surface area contributed by atoms with E-state index in [0.29, 0.717) is 6.61 Å². The van der Waals surface area contributed by atoms with Crippen molar-refractivity contribution < 1.29 is 5.11 Å². The summed E-state index contributed by atoms with van der Waals surface area (Å²) >= 11 is 3.59. The van der Waals surface area contributed by atoms with Gasteiger partial charge in [-0.1, -0.05) is 0 Å². The summed E-state index contributed by atoms with van der Waals surface area (Å²) < 4.78 is 0. The quantitative estimate of drug-likeness (QED) is 0.685. The van der Waals surface area contributed by atoms with Crippen molar-refractivity contribution in [2.75, 3.05) is 24.7 Å². The first-order chi connectivity index (χ1) is 7.33. The predicted molar refractivity (Wildman–Crippen MR) is 67.6 cm³/mol. The van der Waals surface area contributed by atoms with Crippen LogP contribution in [-0.2, 0) is 6.54 Å². The Morgan fingerprint density at radius 3 is 3.07 bits per heavy atom. The smallest absolute Gasteiger partial charge is 0.107 e. The molecule has 0 aliphatic rings. The van der Waals surface area contributed by atoms with Crippen molar-refractivity contribution >= 4 is 23.1 Å². The molecule has 0 radical (unpaired) electrons. The minimum Gasteiger partial charge on any atom is -0.396 e. The number of nitrogens with zero attached hydrogens (tertiary/aromatic N) is 1. The van der Waals surface area contributed by atoms with E-state index in [1.165, 1.54) is 0 Å². The fourth-order valence-corrected chi connectivity index (χ4v) is 2.66. The molecule has 1 heterocycles. The molecule has 0 aromatic carbocycles. The number of aliphatic hydroxyl groups is 1. The molecule has 5 heteroatoms. The van der Waals surface area contributed by atoms with Crippen LogP contribution in [0.4, 0.5) is 0 Å². The Bertz CT molecular complexity index is 266. The van der Waals surface area contributed by atoms with E-state index >= 15 is 0 Å². The Kier molecular flexibility index (Phi) is 7.00. The average molecular weight is 246 g/mol. The molecule has 0 aliphatic carbocycles. The third-order valence-electron chi connectivity index (χ3n) is 1.81. The predicted octanol–water partition coefficient (Wildman–Crippen LogP) is 1.66.